The lowest BCUT2D eigenvalue weighted by molar-refractivity contribution is 1.16. The molecule has 0 fully saturated rings. The summed E-state index contributed by atoms with van der Waals surface area (Å²) in [6, 6.07) is 0. The first kappa shape index (κ1) is 10.0. The molecule has 3 aromatic heterocycles. The Kier molecular flexibility index (Phi) is 2.19. The van der Waals surface area contributed by atoms with Crippen LogP contribution in [0.2, 0.25) is 0 Å². The number of anilines is 1. The molecule has 3 rings (SSSR count). The van der Waals surface area contributed by atoms with Crippen LogP contribution in [0.4, 0.5) is 5.82 Å². The van der Waals surface area contributed by atoms with E-state index >= 15 is 0 Å². The monoisotopic (exact) mass is 244 g/mol. The predicted octanol–water partition coefficient (Wildman–Crippen LogP) is 1.43. The standard InChI is InChI=1S/C10H8N6S/c1-5-12-3-7(17-5)10-13-2-6-8(16-10)9(11)15-4-14-6/h2-4H,1H3,(H2,11,14,15). The quantitative estimate of drug-likeness (QED) is 0.696. The van der Waals surface area contributed by atoms with Gasteiger partial charge in [0.25, 0.3) is 0 Å². The van der Waals surface area contributed by atoms with Crippen LogP contribution < -0.4 is 5.73 Å². The largest absolute Gasteiger partial charge is 0.382 e. The van der Waals surface area contributed by atoms with Gasteiger partial charge in [-0.1, -0.05) is 0 Å². The van der Waals surface area contributed by atoms with Crippen molar-refractivity contribution in [3.8, 4) is 10.7 Å². The summed E-state index contributed by atoms with van der Waals surface area (Å²) in [5.74, 6) is 0.962. The molecule has 0 radical (unpaired) electrons. The fourth-order valence-corrected chi connectivity index (χ4v) is 2.18. The summed E-state index contributed by atoms with van der Waals surface area (Å²) in [7, 11) is 0. The fraction of sp³-hybridized carbons (Fsp3) is 0.100. The van der Waals surface area contributed by atoms with Gasteiger partial charge in [-0.15, -0.1) is 11.3 Å². The van der Waals surface area contributed by atoms with Gasteiger partial charge in [-0.3, -0.25) is 0 Å². The van der Waals surface area contributed by atoms with E-state index in [4.69, 9.17) is 5.73 Å². The van der Waals surface area contributed by atoms with Crippen molar-refractivity contribution >= 4 is 28.2 Å². The van der Waals surface area contributed by atoms with Gasteiger partial charge in [-0.05, 0) is 6.92 Å². The molecule has 2 N–H and O–H groups in total. The van der Waals surface area contributed by atoms with Gasteiger partial charge in [0.1, 0.15) is 17.4 Å². The van der Waals surface area contributed by atoms with Gasteiger partial charge in [0.05, 0.1) is 16.1 Å². The van der Waals surface area contributed by atoms with Crippen LogP contribution in [-0.2, 0) is 0 Å². The average molecular weight is 244 g/mol. The van der Waals surface area contributed by atoms with E-state index in [1.54, 1.807) is 12.4 Å². The number of fused-ring (bicyclic) bond motifs is 1. The summed E-state index contributed by atoms with van der Waals surface area (Å²) < 4.78 is 0. The zero-order chi connectivity index (χ0) is 11.8. The van der Waals surface area contributed by atoms with Crippen molar-refractivity contribution in [2.45, 2.75) is 6.92 Å². The molecule has 0 aromatic carbocycles. The molecule has 17 heavy (non-hydrogen) atoms. The lowest BCUT2D eigenvalue weighted by Gasteiger charge is -2.00. The molecule has 0 amide bonds. The lowest BCUT2D eigenvalue weighted by Crippen LogP contribution is -1.97. The molecule has 7 heteroatoms. The highest BCUT2D eigenvalue weighted by atomic mass is 32.1. The van der Waals surface area contributed by atoms with E-state index in [-0.39, 0.29) is 0 Å². The maximum absolute atomic E-state index is 5.75. The number of hydrogen-bond donors (Lipinski definition) is 1. The summed E-state index contributed by atoms with van der Waals surface area (Å²) in [4.78, 5) is 21.7. The van der Waals surface area contributed by atoms with Crippen LogP contribution in [0, 0.1) is 6.92 Å². The summed E-state index contributed by atoms with van der Waals surface area (Å²) >= 11 is 1.54. The fourth-order valence-electron chi connectivity index (χ4n) is 1.46. The highest BCUT2D eigenvalue weighted by Gasteiger charge is 2.08. The van der Waals surface area contributed by atoms with E-state index in [2.05, 4.69) is 24.9 Å². The molecule has 0 saturated heterocycles. The Morgan fingerprint density at radius 2 is 2.00 bits per heavy atom. The predicted molar refractivity (Wildman–Crippen MR) is 65.4 cm³/mol. The third kappa shape index (κ3) is 1.70. The highest BCUT2D eigenvalue weighted by Crippen LogP contribution is 2.24. The second-order valence-corrected chi connectivity index (χ2v) is 4.66. The number of aryl methyl sites for hydroxylation is 1. The molecular formula is C10H8N6S. The Labute approximate surface area is 101 Å². The van der Waals surface area contributed by atoms with Crippen LogP contribution >= 0.6 is 11.3 Å². The molecule has 3 heterocycles. The Hall–Kier alpha value is -2.15. The van der Waals surface area contributed by atoms with Gasteiger partial charge < -0.3 is 5.73 Å². The minimum absolute atomic E-state index is 0.361. The van der Waals surface area contributed by atoms with Crippen molar-refractivity contribution in [1.29, 1.82) is 0 Å². The Morgan fingerprint density at radius 3 is 2.76 bits per heavy atom. The van der Waals surface area contributed by atoms with Crippen molar-refractivity contribution in [1.82, 2.24) is 24.9 Å². The van der Waals surface area contributed by atoms with E-state index in [9.17, 15) is 0 Å². The average Bonchev–Trinajstić information content (AvgIpc) is 2.76. The van der Waals surface area contributed by atoms with E-state index in [1.807, 2.05) is 6.92 Å². The maximum Gasteiger partial charge on any atom is 0.171 e. The molecular weight excluding hydrogens is 236 g/mol. The number of rotatable bonds is 1. The van der Waals surface area contributed by atoms with Gasteiger partial charge in [-0.2, -0.15) is 0 Å². The maximum atomic E-state index is 5.75. The van der Waals surface area contributed by atoms with Crippen LogP contribution in [0.15, 0.2) is 18.7 Å². The number of nitrogen functional groups attached to an aromatic ring is 1. The summed E-state index contributed by atoms with van der Waals surface area (Å²) in [5, 5.41) is 0.973. The van der Waals surface area contributed by atoms with Gasteiger partial charge in [-0.25, -0.2) is 24.9 Å². The normalized spacial score (nSPS) is 10.9. The third-order valence-corrected chi connectivity index (χ3v) is 3.16. The minimum Gasteiger partial charge on any atom is -0.382 e. The van der Waals surface area contributed by atoms with Crippen molar-refractivity contribution in [3.63, 3.8) is 0 Å². The Balaban J connectivity index is 2.22. The highest BCUT2D eigenvalue weighted by molar-refractivity contribution is 7.14. The van der Waals surface area contributed by atoms with Crippen LogP contribution in [0.1, 0.15) is 5.01 Å². The number of hydrogen-bond acceptors (Lipinski definition) is 7. The van der Waals surface area contributed by atoms with E-state index in [0.29, 0.717) is 22.7 Å². The van der Waals surface area contributed by atoms with E-state index in [0.717, 1.165) is 9.88 Å². The second kappa shape index (κ2) is 3.70. The van der Waals surface area contributed by atoms with Gasteiger partial charge in [0, 0.05) is 6.20 Å². The van der Waals surface area contributed by atoms with Gasteiger partial charge in [0.2, 0.25) is 0 Å². The van der Waals surface area contributed by atoms with Crippen molar-refractivity contribution in [3.05, 3.63) is 23.7 Å². The Bertz CT molecular complexity index is 692. The first-order valence-corrected chi connectivity index (χ1v) is 5.72. The molecule has 0 spiro atoms. The second-order valence-electron chi connectivity index (χ2n) is 3.43. The lowest BCUT2D eigenvalue weighted by atomic mass is 10.4. The molecule has 0 saturated carbocycles. The molecule has 0 aliphatic carbocycles. The first-order valence-electron chi connectivity index (χ1n) is 4.90. The third-order valence-electron chi connectivity index (χ3n) is 2.25. The van der Waals surface area contributed by atoms with Gasteiger partial charge >= 0.3 is 0 Å². The topological polar surface area (TPSA) is 90.5 Å². The summed E-state index contributed by atoms with van der Waals surface area (Å²) in [5.41, 5.74) is 6.97. The minimum atomic E-state index is 0.361. The smallest absolute Gasteiger partial charge is 0.171 e. The molecule has 84 valence electrons. The number of nitrogens with zero attached hydrogens (tertiary/aromatic N) is 5. The van der Waals surface area contributed by atoms with Crippen LogP contribution in [0.3, 0.4) is 0 Å². The van der Waals surface area contributed by atoms with E-state index in [1.165, 1.54) is 17.7 Å². The molecule has 0 aliphatic heterocycles. The molecule has 0 bridgehead atoms. The van der Waals surface area contributed by atoms with Crippen molar-refractivity contribution in [2.75, 3.05) is 5.73 Å². The number of aromatic nitrogens is 5. The molecule has 0 aliphatic rings. The van der Waals surface area contributed by atoms with Crippen molar-refractivity contribution in [2.24, 2.45) is 0 Å². The Morgan fingerprint density at radius 1 is 1.12 bits per heavy atom. The summed E-state index contributed by atoms with van der Waals surface area (Å²) in [6.45, 7) is 1.94. The van der Waals surface area contributed by atoms with Crippen LogP contribution in [0.25, 0.3) is 21.7 Å². The number of nitrogens with two attached hydrogens (primary N) is 1. The van der Waals surface area contributed by atoms with Crippen molar-refractivity contribution < 1.29 is 0 Å². The SMILES string of the molecule is Cc1ncc(-c2ncc3ncnc(N)c3n2)s1. The zero-order valence-electron chi connectivity index (χ0n) is 8.95. The number of thiazole rings is 1. The van der Waals surface area contributed by atoms with Crippen LogP contribution in [0.5, 0.6) is 0 Å². The molecule has 0 atom stereocenters. The van der Waals surface area contributed by atoms with Gasteiger partial charge in [0.15, 0.2) is 11.6 Å². The summed E-state index contributed by atoms with van der Waals surface area (Å²) in [6.07, 6.45) is 4.80. The van der Waals surface area contributed by atoms with E-state index < -0.39 is 0 Å². The molecule has 0 unspecified atom stereocenters. The van der Waals surface area contributed by atoms with Crippen LogP contribution in [-0.4, -0.2) is 24.9 Å². The zero-order valence-corrected chi connectivity index (χ0v) is 9.77. The molecule has 6 nitrogen and oxygen atoms in total. The first-order chi connectivity index (χ1) is 8.24. The molecule has 3 aromatic rings.